The number of benzene rings is 1. The number of hydrogen-bond acceptors (Lipinski definition) is 2. The van der Waals surface area contributed by atoms with Crippen LogP contribution in [0.25, 0.3) is 11.1 Å². The Morgan fingerprint density at radius 3 is 2.18 bits per heavy atom. The molecule has 17 heavy (non-hydrogen) atoms. The van der Waals surface area contributed by atoms with Gasteiger partial charge < -0.3 is 0 Å². The highest BCUT2D eigenvalue weighted by atomic mass is 35.5. The molecule has 0 atom stereocenters. The minimum atomic E-state index is -0.431. The Morgan fingerprint density at radius 2 is 1.59 bits per heavy atom. The second kappa shape index (κ2) is 4.22. The monoisotopic (exact) mass is 250 g/mol. The number of aromatic nitrogens is 2. The Morgan fingerprint density at radius 1 is 1.00 bits per heavy atom. The lowest BCUT2D eigenvalue weighted by atomic mass is 10.1. The molecule has 0 unspecified atom stereocenters. The van der Waals surface area contributed by atoms with Gasteiger partial charge in [-0.25, -0.2) is 4.79 Å². The van der Waals surface area contributed by atoms with Gasteiger partial charge in [-0.05, 0) is 5.56 Å². The molecule has 1 heterocycles. The Balaban J connectivity index is 2.90. The average molecular weight is 251 g/mol. The summed E-state index contributed by atoms with van der Waals surface area (Å²) < 4.78 is 2.31. The molecule has 4 nitrogen and oxygen atoms in total. The first-order valence-corrected chi connectivity index (χ1v) is 5.42. The lowest BCUT2D eigenvalue weighted by Crippen LogP contribution is -2.38. The third-order valence-corrected chi connectivity index (χ3v) is 3.10. The molecule has 0 radical (unpaired) electrons. The van der Waals surface area contributed by atoms with E-state index < -0.39 is 5.69 Å². The van der Waals surface area contributed by atoms with Gasteiger partial charge in [-0.3, -0.25) is 13.9 Å². The van der Waals surface area contributed by atoms with Crippen molar-refractivity contribution in [1.29, 1.82) is 0 Å². The maximum absolute atomic E-state index is 12.0. The molecule has 0 aliphatic rings. The van der Waals surface area contributed by atoms with Crippen molar-refractivity contribution in [1.82, 2.24) is 9.13 Å². The number of halogens is 1. The van der Waals surface area contributed by atoms with Gasteiger partial charge in [0.15, 0.2) is 0 Å². The highest BCUT2D eigenvalue weighted by molar-refractivity contribution is 6.32. The van der Waals surface area contributed by atoms with Gasteiger partial charge in [0, 0.05) is 14.1 Å². The summed E-state index contributed by atoms with van der Waals surface area (Å²) in [5.74, 6) is 0. The molecule has 0 saturated heterocycles. The van der Waals surface area contributed by atoms with Crippen LogP contribution in [0.15, 0.2) is 39.9 Å². The fourth-order valence-corrected chi connectivity index (χ4v) is 1.93. The van der Waals surface area contributed by atoms with Gasteiger partial charge in [0.25, 0.3) is 5.56 Å². The van der Waals surface area contributed by atoms with Crippen molar-refractivity contribution in [3.63, 3.8) is 0 Å². The van der Waals surface area contributed by atoms with Crippen LogP contribution >= 0.6 is 11.6 Å². The maximum atomic E-state index is 12.0. The molecule has 1 aromatic heterocycles. The Bertz CT molecular complexity index is 671. The molecular formula is C12H11ClN2O2. The third kappa shape index (κ3) is 1.80. The number of nitrogens with zero attached hydrogens (tertiary/aromatic N) is 2. The van der Waals surface area contributed by atoms with E-state index in [9.17, 15) is 9.59 Å². The van der Waals surface area contributed by atoms with Crippen molar-refractivity contribution in [3.05, 3.63) is 56.3 Å². The normalized spacial score (nSPS) is 10.5. The largest absolute Gasteiger partial charge is 0.331 e. The summed E-state index contributed by atoms with van der Waals surface area (Å²) in [5, 5.41) is 0.157. The summed E-state index contributed by atoms with van der Waals surface area (Å²) in [6, 6.07) is 9.05. The minimum absolute atomic E-state index is 0.157. The van der Waals surface area contributed by atoms with Crippen molar-refractivity contribution in [2.24, 2.45) is 14.1 Å². The van der Waals surface area contributed by atoms with Crippen molar-refractivity contribution in [2.75, 3.05) is 0 Å². The van der Waals surface area contributed by atoms with E-state index in [0.717, 1.165) is 4.57 Å². The minimum Gasteiger partial charge on any atom is -0.286 e. The van der Waals surface area contributed by atoms with E-state index in [2.05, 4.69) is 0 Å². The predicted molar refractivity (Wildman–Crippen MR) is 67.4 cm³/mol. The zero-order chi connectivity index (χ0) is 12.6. The van der Waals surface area contributed by atoms with E-state index in [1.807, 2.05) is 18.2 Å². The lowest BCUT2D eigenvalue weighted by molar-refractivity contribution is 0.689. The summed E-state index contributed by atoms with van der Waals surface area (Å²) in [6.07, 6.45) is 0. The third-order valence-electron chi connectivity index (χ3n) is 2.66. The average Bonchev–Trinajstić information content (AvgIpc) is 2.36. The molecule has 0 spiro atoms. The molecule has 0 aliphatic carbocycles. The van der Waals surface area contributed by atoms with Crippen LogP contribution in [0.5, 0.6) is 0 Å². The molecule has 1 aromatic carbocycles. The molecular weight excluding hydrogens is 240 g/mol. The van der Waals surface area contributed by atoms with E-state index in [1.54, 1.807) is 12.1 Å². The van der Waals surface area contributed by atoms with Crippen LogP contribution in [0.1, 0.15) is 0 Å². The van der Waals surface area contributed by atoms with Crippen LogP contribution in [0, 0.1) is 0 Å². The number of hydrogen-bond donors (Lipinski definition) is 0. The molecule has 0 aliphatic heterocycles. The first-order chi connectivity index (χ1) is 8.04. The van der Waals surface area contributed by atoms with Crippen LogP contribution in [-0.2, 0) is 14.1 Å². The molecule has 0 saturated carbocycles. The first kappa shape index (κ1) is 11.7. The summed E-state index contributed by atoms with van der Waals surface area (Å²) in [7, 11) is 2.98. The van der Waals surface area contributed by atoms with Gasteiger partial charge in [0.1, 0.15) is 5.15 Å². The quantitative estimate of drug-likeness (QED) is 0.719. The summed E-state index contributed by atoms with van der Waals surface area (Å²) in [6.45, 7) is 0. The van der Waals surface area contributed by atoms with Crippen LogP contribution in [0.3, 0.4) is 0 Å². The fourth-order valence-electron chi connectivity index (χ4n) is 1.67. The zero-order valence-corrected chi connectivity index (χ0v) is 10.2. The van der Waals surface area contributed by atoms with Gasteiger partial charge in [-0.1, -0.05) is 41.9 Å². The Kier molecular flexibility index (Phi) is 2.90. The van der Waals surface area contributed by atoms with E-state index in [1.165, 1.54) is 18.7 Å². The van der Waals surface area contributed by atoms with E-state index >= 15 is 0 Å². The van der Waals surface area contributed by atoms with E-state index in [0.29, 0.717) is 11.1 Å². The van der Waals surface area contributed by atoms with Crippen molar-refractivity contribution >= 4 is 11.6 Å². The molecule has 0 bridgehead atoms. The molecule has 0 N–H and O–H groups in total. The van der Waals surface area contributed by atoms with Crippen LogP contribution < -0.4 is 11.2 Å². The lowest BCUT2D eigenvalue weighted by Gasteiger charge is -2.10. The topological polar surface area (TPSA) is 44.0 Å². The molecule has 2 aromatic rings. The SMILES string of the molecule is Cn1c(Cl)c(-c2ccccc2)c(=O)n(C)c1=O. The zero-order valence-electron chi connectivity index (χ0n) is 9.48. The molecule has 0 amide bonds. The standard InChI is InChI=1S/C12H11ClN2O2/c1-14-10(13)9(8-6-4-3-5-7-8)11(16)15(2)12(14)17/h3-7H,1-2H3. The van der Waals surface area contributed by atoms with E-state index in [4.69, 9.17) is 11.6 Å². The van der Waals surface area contributed by atoms with Gasteiger partial charge in [-0.2, -0.15) is 0 Å². The van der Waals surface area contributed by atoms with Gasteiger partial charge in [-0.15, -0.1) is 0 Å². The van der Waals surface area contributed by atoms with Crippen LogP contribution in [0.4, 0.5) is 0 Å². The molecule has 88 valence electrons. The molecule has 0 fully saturated rings. The summed E-state index contributed by atoms with van der Waals surface area (Å²) in [5.41, 5.74) is 0.231. The smallest absolute Gasteiger partial charge is 0.286 e. The second-order valence-corrected chi connectivity index (χ2v) is 4.10. The molecule has 5 heteroatoms. The van der Waals surface area contributed by atoms with Gasteiger partial charge in [0.05, 0.1) is 5.56 Å². The van der Waals surface area contributed by atoms with Crippen molar-refractivity contribution < 1.29 is 0 Å². The number of rotatable bonds is 1. The van der Waals surface area contributed by atoms with Gasteiger partial charge >= 0.3 is 5.69 Å². The van der Waals surface area contributed by atoms with Crippen molar-refractivity contribution in [2.45, 2.75) is 0 Å². The summed E-state index contributed by atoms with van der Waals surface area (Å²) >= 11 is 6.06. The van der Waals surface area contributed by atoms with E-state index in [-0.39, 0.29) is 10.7 Å². The second-order valence-electron chi connectivity index (χ2n) is 3.74. The Labute approximate surface area is 103 Å². The Hall–Kier alpha value is -1.81. The highest BCUT2D eigenvalue weighted by Crippen LogP contribution is 2.21. The first-order valence-electron chi connectivity index (χ1n) is 5.05. The van der Waals surface area contributed by atoms with Crippen LogP contribution in [0.2, 0.25) is 5.15 Å². The summed E-state index contributed by atoms with van der Waals surface area (Å²) in [4.78, 5) is 23.7. The van der Waals surface area contributed by atoms with Crippen molar-refractivity contribution in [3.8, 4) is 11.1 Å². The molecule has 2 rings (SSSR count). The maximum Gasteiger partial charge on any atom is 0.331 e. The fraction of sp³-hybridized carbons (Fsp3) is 0.167. The van der Waals surface area contributed by atoms with Gasteiger partial charge in [0.2, 0.25) is 0 Å². The highest BCUT2D eigenvalue weighted by Gasteiger charge is 2.14. The predicted octanol–water partition coefficient (Wildman–Crippen LogP) is 1.40. The van der Waals surface area contributed by atoms with Crippen LogP contribution in [-0.4, -0.2) is 9.13 Å².